The van der Waals surface area contributed by atoms with Crippen molar-refractivity contribution in [3.8, 4) is 0 Å². The Morgan fingerprint density at radius 2 is 2.00 bits per heavy atom. The third-order valence-electron chi connectivity index (χ3n) is 2.51. The van der Waals surface area contributed by atoms with Gasteiger partial charge < -0.3 is 9.47 Å². The summed E-state index contributed by atoms with van der Waals surface area (Å²) in [6, 6.07) is -0.459. The van der Waals surface area contributed by atoms with Crippen LogP contribution in [-0.4, -0.2) is 48.0 Å². The fraction of sp³-hybridized carbons (Fsp3) is 0.750. The molecule has 1 fully saturated rings. The number of amides is 1. The first-order valence-electron chi connectivity index (χ1n) is 5.81. The van der Waals surface area contributed by atoms with Gasteiger partial charge in [0.1, 0.15) is 5.60 Å². The minimum Gasteiger partial charge on any atom is -0.469 e. The van der Waals surface area contributed by atoms with Crippen molar-refractivity contribution in [3.63, 3.8) is 0 Å². The molecule has 1 atom stereocenters. The van der Waals surface area contributed by atoms with Gasteiger partial charge in [0.2, 0.25) is 0 Å². The number of carbonyl (C=O) groups excluding carboxylic acids is 3. The maximum absolute atomic E-state index is 11.9. The smallest absolute Gasteiger partial charge is 0.410 e. The molecule has 1 heterocycles. The topological polar surface area (TPSA) is 72.9 Å². The second-order valence-corrected chi connectivity index (χ2v) is 5.29. The van der Waals surface area contributed by atoms with Gasteiger partial charge in [-0.2, -0.15) is 0 Å². The summed E-state index contributed by atoms with van der Waals surface area (Å²) in [5.74, 6) is -0.516. The van der Waals surface area contributed by atoms with E-state index in [0.717, 1.165) is 0 Å². The maximum Gasteiger partial charge on any atom is 0.410 e. The number of hydrogen-bond acceptors (Lipinski definition) is 5. The number of ether oxygens (including phenoxy) is 2. The number of rotatable bonds is 2. The maximum atomic E-state index is 11.9. The Kier molecular flexibility index (Phi) is 4.32. The van der Waals surface area contributed by atoms with Gasteiger partial charge in [-0.15, -0.1) is 0 Å². The van der Waals surface area contributed by atoms with Crippen LogP contribution in [0.25, 0.3) is 0 Å². The van der Waals surface area contributed by atoms with Crippen molar-refractivity contribution in [2.75, 3.05) is 13.7 Å². The van der Waals surface area contributed by atoms with E-state index in [9.17, 15) is 14.4 Å². The van der Waals surface area contributed by atoms with Gasteiger partial charge in [-0.1, -0.05) is 0 Å². The van der Waals surface area contributed by atoms with Crippen LogP contribution in [0.1, 0.15) is 33.6 Å². The van der Waals surface area contributed by atoms with Crippen LogP contribution >= 0.6 is 0 Å². The monoisotopic (exact) mass is 257 g/mol. The van der Waals surface area contributed by atoms with E-state index in [1.807, 2.05) is 0 Å². The normalized spacial score (nSPS) is 19.9. The van der Waals surface area contributed by atoms with Gasteiger partial charge in [-0.3, -0.25) is 14.5 Å². The van der Waals surface area contributed by atoms with Crippen LogP contribution in [-0.2, 0) is 19.1 Å². The molecule has 1 rings (SSSR count). The summed E-state index contributed by atoms with van der Waals surface area (Å²) in [6.45, 7) is 5.24. The van der Waals surface area contributed by atoms with Crippen LogP contribution in [0.15, 0.2) is 0 Å². The van der Waals surface area contributed by atoms with E-state index in [0.29, 0.717) is 0 Å². The summed E-state index contributed by atoms with van der Waals surface area (Å²) >= 11 is 0. The second kappa shape index (κ2) is 5.37. The van der Waals surface area contributed by atoms with Crippen molar-refractivity contribution in [1.29, 1.82) is 0 Å². The Morgan fingerprint density at radius 3 is 2.50 bits per heavy atom. The van der Waals surface area contributed by atoms with Gasteiger partial charge >= 0.3 is 12.1 Å². The minimum atomic E-state index is -0.626. The van der Waals surface area contributed by atoms with E-state index in [-0.39, 0.29) is 25.2 Å². The zero-order valence-electron chi connectivity index (χ0n) is 11.2. The molecular weight excluding hydrogens is 238 g/mol. The molecule has 0 bridgehead atoms. The molecular formula is C12H19NO5. The summed E-state index contributed by atoms with van der Waals surface area (Å²) in [4.78, 5) is 35.8. The van der Waals surface area contributed by atoms with Gasteiger partial charge in [0.25, 0.3) is 0 Å². The summed E-state index contributed by atoms with van der Waals surface area (Å²) in [6.07, 6.45) is -0.377. The van der Waals surface area contributed by atoms with Crippen LogP contribution in [0.5, 0.6) is 0 Å². The number of hydrogen-bond donors (Lipinski definition) is 0. The first-order chi connectivity index (χ1) is 8.23. The summed E-state index contributed by atoms with van der Waals surface area (Å²) in [5, 5.41) is 0. The molecule has 0 saturated carbocycles. The predicted octanol–water partition coefficient (Wildman–Crippen LogP) is 1.13. The fourth-order valence-corrected chi connectivity index (χ4v) is 1.75. The molecule has 1 aliphatic heterocycles. The molecule has 0 aromatic heterocycles. The Morgan fingerprint density at radius 1 is 1.39 bits per heavy atom. The van der Waals surface area contributed by atoms with E-state index >= 15 is 0 Å². The third-order valence-corrected chi connectivity index (χ3v) is 2.51. The molecule has 0 aliphatic carbocycles. The van der Waals surface area contributed by atoms with Crippen LogP contribution in [0.2, 0.25) is 0 Å². The standard InChI is InChI=1S/C12H19NO5/c1-12(2,3)18-11(16)13-7-9(14)5-8(13)6-10(15)17-4/h8H,5-7H2,1-4H3/t8-/m1/s1. The SMILES string of the molecule is COC(=O)C[C@H]1CC(=O)CN1C(=O)OC(C)(C)C. The average Bonchev–Trinajstić information content (AvgIpc) is 2.56. The molecule has 1 saturated heterocycles. The number of likely N-dealkylation sites (tertiary alicyclic amines) is 1. The molecule has 0 radical (unpaired) electrons. The van der Waals surface area contributed by atoms with Crippen LogP contribution in [0.3, 0.4) is 0 Å². The predicted molar refractivity (Wildman–Crippen MR) is 63.0 cm³/mol. The van der Waals surface area contributed by atoms with Crippen molar-refractivity contribution in [2.45, 2.75) is 45.3 Å². The van der Waals surface area contributed by atoms with Crippen molar-refractivity contribution in [1.82, 2.24) is 4.90 Å². The van der Waals surface area contributed by atoms with Crippen LogP contribution < -0.4 is 0 Å². The first-order valence-corrected chi connectivity index (χ1v) is 5.81. The van der Waals surface area contributed by atoms with Crippen LogP contribution in [0, 0.1) is 0 Å². The Hall–Kier alpha value is -1.59. The van der Waals surface area contributed by atoms with Crippen molar-refractivity contribution in [3.05, 3.63) is 0 Å². The van der Waals surface area contributed by atoms with Gasteiger partial charge in [-0.05, 0) is 20.8 Å². The molecule has 1 aliphatic rings. The highest BCUT2D eigenvalue weighted by Gasteiger charge is 2.37. The van der Waals surface area contributed by atoms with Gasteiger partial charge in [-0.25, -0.2) is 4.79 Å². The number of methoxy groups -OCH3 is 1. The second-order valence-electron chi connectivity index (χ2n) is 5.29. The molecule has 0 spiro atoms. The lowest BCUT2D eigenvalue weighted by atomic mass is 10.1. The zero-order valence-corrected chi connectivity index (χ0v) is 11.2. The van der Waals surface area contributed by atoms with E-state index < -0.39 is 23.7 Å². The Bertz CT molecular complexity index is 358. The molecule has 6 nitrogen and oxygen atoms in total. The quantitative estimate of drug-likeness (QED) is 0.693. The fourth-order valence-electron chi connectivity index (χ4n) is 1.75. The first kappa shape index (κ1) is 14.5. The Balaban J connectivity index is 2.69. The van der Waals surface area contributed by atoms with E-state index in [2.05, 4.69) is 4.74 Å². The highest BCUT2D eigenvalue weighted by molar-refractivity contribution is 5.89. The number of nitrogens with zero attached hydrogens (tertiary/aromatic N) is 1. The van der Waals surface area contributed by atoms with E-state index in [4.69, 9.17) is 4.74 Å². The Labute approximate surface area is 106 Å². The van der Waals surface area contributed by atoms with Crippen molar-refractivity contribution < 1.29 is 23.9 Å². The lowest BCUT2D eigenvalue weighted by Gasteiger charge is -2.27. The average molecular weight is 257 g/mol. The number of carbonyl (C=O) groups is 3. The highest BCUT2D eigenvalue weighted by Crippen LogP contribution is 2.21. The molecule has 6 heteroatoms. The molecule has 0 aromatic rings. The van der Waals surface area contributed by atoms with Crippen molar-refractivity contribution in [2.24, 2.45) is 0 Å². The number of ketones is 1. The largest absolute Gasteiger partial charge is 0.469 e. The molecule has 0 aromatic carbocycles. The highest BCUT2D eigenvalue weighted by atomic mass is 16.6. The molecule has 0 N–H and O–H groups in total. The lowest BCUT2D eigenvalue weighted by Crippen LogP contribution is -2.41. The van der Waals surface area contributed by atoms with E-state index in [1.54, 1.807) is 20.8 Å². The minimum absolute atomic E-state index is 0.00340. The molecule has 102 valence electrons. The van der Waals surface area contributed by atoms with Gasteiger partial charge in [0, 0.05) is 6.42 Å². The summed E-state index contributed by atoms with van der Waals surface area (Å²) in [7, 11) is 1.27. The third kappa shape index (κ3) is 4.01. The van der Waals surface area contributed by atoms with Crippen LogP contribution in [0.4, 0.5) is 4.79 Å². The zero-order chi connectivity index (χ0) is 13.9. The summed E-state index contributed by atoms with van der Waals surface area (Å²) < 4.78 is 9.75. The molecule has 1 amide bonds. The number of Topliss-reactive ketones (excluding diaryl/α,β-unsaturated/α-hetero) is 1. The summed E-state index contributed by atoms with van der Waals surface area (Å²) in [5.41, 5.74) is -0.626. The van der Waals surface area contributed by atoms with Gasteiger partial charge in [0.15, 0.2) is 5.78 Å². The number of esters is 1. The molecule has 0 unspecified atom stereocenters. The van der Waals surface area contributed by atoms with E-state index in [1.165, 1.54) is 12.0 Å². The lowest BCUT2D eigenvalue weighted by molar-refractivity contribution is -0.141. The molecule has 18 heavy (non-hydrogen) atoms. The van der Waals surface area contributed by atoms with Gasteiger partial charge in [0.05, 0.1) is 26.1 Å². The van der Waals surface area contributed by atoms with Crippen molar-refractivity contribution >= 4 is 17.8 Å².